The maximum atomic E-state index is 10.9. The maximum absolute atomic E-state index is 10.9. The van der Waals surface area contributed by atoms with Crippen LogP contribution in [0, 0.1) is 39.9 Å². The minimum atomic E-state index is -0.387. The Kier molecular flexibility index (Phi) is 1.98. The first-order valence-corrected chi connectivity index (χ1v) is 9.04. The monoisotopic (exact) mass is 274 g/mol. The Balaban J connectivity index is 1.57. The first kappa shape index (κ1) is 12.5. The molecule has 0 aromatic carbocycles. The average molecular weight is 274 g/mol. The summed E-state index contributed by atoms with van der Waals surface area (Å²) >= 11 is 0. The molecule has 6 aliphatic rings. The first-order valence-electron chi connectivity index (χ1n) is 9.04. The van der Waals surface area contributed by atoms with Crippen molar-refractivity contribution in [2.75, 3.05) is 0 Å². The Hall–Kier alpha value is -0.0400. The minimum Gasteiger partial charge on any atom is -0.390 e. The van der Waals surface area contributed by atoms with Crippen LogP contribution in [0.3, 0.4) is 0 Å². The summed E-state index contributed by atoms with van der Waals surface area (Å²) in [6.45, 7) is 7.29. The van der Waals surface area contributed by atoms with E-state index in [9.17, 15) is 5.11 Å². The highest BCUT2D eigenvalue weighted by atomic mass is 16.3. The molecule has 20 heavy (non-hydrogen) atoms. The van der Waals surface area contributed by atoms with Crippen LogP contribution >= 0.6 is 0 Å². The lowest BCUT2D eigenvalue weighted by Gasteiger charge is -2.64. The lowest BCUT2D eigenvalue weighted by Crippen LogP contribution is -2.60. The molecule has 0 aliphatic heterocycles. The van der Waals surface area contributed by atoms with E-state index in [1.807, 2.05) is 0 Å². The van der Waals surface area contributed by atoms with Crippen molar-refractivity contribution in [3.8, 4) is 0 Å². The van der Waals surface area contributed by atoms with Crippen LogP contribution in [0.25, 0.3) is 0 Å². The Morgan fingerprint density at radius 3 is 2.40 bits per heavy atom. The standard InChI is InChI=1S/C19H30O/c1-16-6-4-7-18(3,20)14(16)5-8-19-10-13-12(9-15(16)19)17(13,2)11-19/h12-15,20H,4-11H2,1-3H3/t12-,13+,14+,15+,16-,17-,18+,19+/m1/s1. The summed E-state index contributed by atoms with van der Waals surface area (Å²) in [5.74, 6) is 3.64. The van der Waals surface area contributed by atoms with Crippen molar-refractivity contribution in [1.29, 1.82) is 0 Å². The Labute approximate surface area is 123 Å². The van der Waals surface area contributed by atoms with Crippen LogP contribution in [0.15, 0.2) is 0 Å². The van der Waals surface area contributed by atoms with E-state index >= 15 is 0 Å². The Morgan fingerprint density at radius 2 is 1.70 bits per heavy atom. The number of hydrogen-bond acceptors (Lipinski definition) is 1. The zero-order valence-corrected chi connectivity index (χ0v) is 13.4. The summed E-state index contributed by atoms with van der Waals surface area (Å²) < 4.78 is 0. The predicted molar refractivity (Wildman–Crippen MR) is 80.2 cm³/mol. The zero-order valence-electron chi connectivity index (χ0n) is 13.4. The second-order valence-electron chi connectivity index (χ2n) is 10.1. The van der Waals surface area contributed by atoms with Gasteiger partial charge in [-0.1, -0.05) is 20.3 Å². The van der Waals surface area contributed by atoms with E-state index in [2.05, 4.69) is 20.8 Å². The molecular formula is C19H30O. The number of aliphatic hydroxyl groups is 1. The van der Waals surface area contributed by atoms with Crippen LogP contribution in [-0.2, 0) is 0 Å². The molecule has 0 unspecified atom stereocenters. The molecule has 1 N–H and O–H groups in total. The molecule has 0 amide bonds. The lowest BCUT2D eigenvalue weighted by atomic mass is 9.41. The van der Waals surface area contributed by atoms with Crippen molar-refractivity contribution in [3.63, 3.8) is 0 Å². The molecule has 6 aliphatic carbocycles. The van der Waals surface area contributed by atoms with Gasteiger partial charge in [0.1, 0.15) is 0 Å². The normalized spacial score (nSPS) is 70.2. The zero-order chi connectivity index (χ0) is 14.0. The van der Waals surface area contributed by atoms with Crippen LogP contribution in [0.4, 0.5) is 0 Å². The summed E-state index contributed by atoms with van der Waals surface area (Å²) in [4.78, 5) is 0. The molecule has 0 aromatic rings. The average Bonchev–Trinajstić information content (AvgIpc) is 2.80. The number of hydrogen-bond donors (Lipinski definition) is 1. The van der Waals surface area contributed by atoms with Crippen LogP contribution in [-0.4, -0.2) is 10.7 Å². The fourth-order valence-corrected chi connectivity index (χ4v) is 8.58. The molecule has 6 rings (SSSR count). The fraction of sp³-hybridized carbons (Fsp3) is 1.00. The van der Waals surface area contributed by atoms with Gasteiger partial charge in [0.25, 0.3) is 0 Å². The van der Waals surface area contributed by atoms with E-state index < -0.39 is 0 Å². The van der Waals surface area contributed by atoms with E-state index in [1.165, 1.54) is 38.5 Å². The van der Waals surface area contributed by atoms with E-state index in [4.69, 9.17) is 0 Å². The van der Waals surface area contributed by atoms with Crippen molar-refractivity contribution in [3.05, 3.63) is 0 Å². The fourth-order valence-electron chi connectivity index (χ4n) is 8.58. The van der Waals surface area contributed by atoms with E-state index in [0.717, 1.165) is 29.6 Å². The molecule has 0 radical (unpaired) electrons. The van der Waals surface area contributed by atoms with Crippen LogP contribution in [0.1, 0.15) is 72.1 Å². The smallest absolute Gasteiger partial charge is 0.0653 e. The number of fused-ring (bicyclic) bond motifs is 1. The molecule has 0 aromatic heterocycles. The van der Waals surface area contributed by atoms with E-state index in [0.29, 0.717) is 16.7 Å². The van der Waals surface area contributed by atoms with Gasteiger partial charge < -0.3 is 5.11 Å². The second kappa shape index (κ2) is 3.16. The third-order valence-electron chi connectivity index (χ3n) is 9.33. The van der Waals surface area contributed by atoms with Gasteiger partial charge in [0, 0.05) is 0 Å². The van der Waals surface area contributed by atoms with Crippen molar-refractivity contribution in [2.24, 2.45) is 39.9 Å². The number of rotatable bonds is 0. The van der Waals surface area contributed by atoms with Crippen molar-refractivity contribution in [1.82, 2.24) is 0 Å². The third-order valence-corrected chi connectivity index (χ3v) is 9.33. The highest BCUT2D eigenvalue weighted by Gasteiger charge is 2.78. The van der Waals surface area contributed by atoms with Gasteiger partial charge in [0.2, 0.25) is 0 Å². The quantitative estimate of drug-likeness (QED) is 0.694. The molecule has 8 atom stereocenters. The topological polar surface area (TPSA) is 20.2 Å². The molecule has 6 fully saturated rings. The SMILES string of the molecule is C[C@@]12CCC[C@](C)(O)[C@H]1CC[C@@]13C[C@H]4[C@@H](C[C@H]12)[C@@]4(C)C3. The molecule has 1 spiro atoms. The highest BCUT2D eigenvalue weighted by Crippen LogP contribution is 2.85. The molecule has 112 valence electrons. The largest absolute Gasteiger partial charge is 0.390 e. The Bertz CT molecular complexity index is 482. The third kappa shape index (κ3) is 1.15. The van der Waals surface area contributed by atoms with Gasteiger partial charge >= 0.3 is 0 Å². The van der Waals surface area contributed by atoms with Gasteiger partial charge in [-0.25, -0.2) is 0 Å². The summed E-state index contributed by atoms with van der Waals surface area (Å²) in [7, 11) is 0. The van der Waals surface area contributed by atoms with Crippen LogP contribution in [0.2, 0.25) is 0 Å². The molecule has 1 nitrogen and oxygen atoms in total. The van der Waals surface area contributed by atoms with Gasteiger partial charge in [-0.3, -0.25) is 0 Å². The second-order valence-corrected chi connectivity index (χ2v) is 10.1. The van der Waals surface area contributed by atoms with Crippen molar-refractivity contribution >= 4 is 0 Å². The summed E-state index contributed by atoms with van der Waals surface area (Å²) in [6, 6.07) is 0. The van der Waals surface area contributed by atoms with Gasteiger partial charge in [-0.15, -0.1) is 0 Å². The van der Waals surface area contributed by atoms with Crippen LogP contribution in [0.5, 0.6) is 0 Å². The van der Waals surface area contributed by atoms with Crippen molar-refractivity contribution < 1.29 is 5.11 Å². The lowest BCUT2D eigenvalue weighted by molar-refractivity contribution is -0.190. The van der Waals surface area contributed by atoms with E-state index in [-0.39, 0.29) is 5.60 Å². The van der Waals surface area contributed by atoms with Gasteiger partial charge in [0.05, 0.1) is 5.60 Å². The Morgan fingerprint density at radius 1 is 0.900 bits per heavy atom. The van der Waals surface area contributed by atoms with E-state index in [1.54, 1.807) is 6.42 Å². The molecule has 6 saturated carbocycles. The summed E-state index contributed by atoms with van der Waals surface area (Å²) in [5.41, 5.74) is 1.49. The molecule has 0 saturated heterocycles. The highest BCUT2D eigenvalue weighted by molar-refractivity contribution is 5.26. The minimum absolute atomic E-state index is 0.387. The van der Waals surface area contributed by atoms with Gasteiger partial charge in [-0.2, -0.15) is 0 Å². The first-order chi connectivity index (χ1) is 9.32. The van der Waals surface area contributed by atoms with Gasteiger partial charge in [0.15, 0.2) is 0 Å². The van der Waals surface area contributed by atoms with Gasteiger partial charge in [-0.05, 0) is 91.8 Å². The summed E-state index contributed by atoms with van der Waals surface area (Å²) in [5, 5.41) is 10.9. The predicted octanol–water partition coefficient (Wildman–Crippen LogP) is 4.39. The molecular weight excluding hydrogens is 244 g/mol. The molecule has 4 bridgehead atoms. The van der Waals surface area contributed by atoms with Crippen molar-refractivity contribution in [2.45, 2.75) is 77.7 Å². The molecule has 0 heterocycles. The summed E-state index contributed by atoms with van der Waals surface area (Å²) in [6.07, 6.45) is 11.0. The molecule has 1 heteroatoms. The van der Waals surface area contributed by atoms with Crippen LogP contribution < -0.4 is 0 Å². The maximum Gasteiger partial charge on any atom is 0.0653 e.